The number of hydrogen-bond acceptors (Lipinski definition) is 9. The summed E-state index contributed by atoms with van der Waals surface area (Å²) in [7, 11) is 0. The molecule has 0 saturated carbocycles. The average molecular weight is 438 g/mol. The largest absolute Gasteiger partial charge is 0.478 e. The van der Waals surface area contributed by atoms with Crippen LogP contribution in [0.4, 0.5) is 0 Å². The summed E-state index contributed by atoms with van der Waals surface area (Å²) in [6.45, 7) is 8.47. The van der Waals surface area contributed by atoms with E-state index in [9.17, 15) is 19.2 Å². The Morgan fingerprint density at radius 3 is 1.42 bits per heavy atom. The van der Waals surface area contributed by atoms with E-state index < -0.39 is 24.2 Å². The third-order valence-corrected chi connectivity index (χ3v) is 2.60. The number of aliphatic hydroxyl groups excluding tert-OH is 3. The Kier molecular flexibility index (Phi) is 21.6. The topological polar surface area (TPSA) is 194 Å². The quantitative estimate of drug-likeness (QED) is 0.234. The molecule has 31 heavy (non-hydrogen) atoms. The van der Waals surface area contributed by atoms with Gasteiger partial charge in [0.1, 0.15) is 6.10 Å². The number of rotatable bonds is 7. The number of aliphatic carboxylic acids is 2. The lowest BCUT2D eigenvalue weighted by molar-refractivity contribution is -0.133. The highest BCUT2D eigenvalue weighted by molar-refractivity contribution is 5.85. The summed E-state index contributed by atoms with van der Waals surface area (Å²) >= 11 is 0. The maximum Gasteiger partial charge on any atom is 0.330 e. The fourth-order valence-corrected chi connectivity index (χ4v) is 0.961. The number of aliphatic imine (C=N–C) groups is 2. The monoisotopic (exact) mass is 438 g/mol. The van der Waals surface area contributed by atoms with Crippen molar-refractivity contribution >= 4 is 24.1 Å². The third kappa shape index (κ3) is 22.4. The van der Waals surface area contributed by atoms with Gasteiger partial charge in [0, 0.05) is 11.1 Å². The normalized spacial score (nSPS) is 9.35. The van der Waals surface area contributed by atoms with E-state index in [1.807, 2.05) is 6.07 Å². The number of benzene rings is 1. The molecule has 1 aromatic carbocycles. The summed E-state index contributed by atoms with van der Waals surface area (Å²) < 4.78 is 0. The minimum Gasteiger partial charge on any atom is -0.478 e. The molecule has 11 nitrogen and oxygen atoms in total. The molecule has 0 fully saturated rings. The molecule has 0 aliphatic carbocycles. The predicted molar refractivity (Wildman–Crippen MR) is 111 cm³/mol. The zero-order valence-electron chi connectivity index (χ0n) is 17.1. The van der Waals surface area contributed by atoms with Crippen LogP contribution in [0.1, 0.15) is 25.6 Å². The maximum atomic E-state index is 9.98. The van der Waals surface area contributed by atoms with E-state index in [0.29, 0.717) is 5.56 Å². The number of nitrogens with zero attached hydrogens (tertiary/aromatic N) is 2. The van der Waals surface area contributed by atoms with Gasteiger partial charge in [0.2, 0.25) is 12.2 Å². The van der Waals surface area contributed by atoms with E-state index in [1.165, 1.54) is 26.0 Å². The van der Waals surface area contributed by atoms with Gasteiger partial charge in [0.15, 0.2) is 6.17 Å². The van der Waals surface area contributed by atoms with Crippen molar-refractivity contribution in [2.75, 3.05) is 13.2 Å². The Labute approximate surface area is 179 Å². The van der Waals surface area contributed by atoms with Crippen LogP contribution >= 0.6 is 0 Å². The van der Waals surface area contributed by atoms with Crippen LogP contribution < -0.4 is 0 Å². The van der Waals surface area contributed by atoms with Gasteiger partial charge >= 0.3 is 11.9 Å². The number of carbonyl (C=O) groups excluding carboxylic acids is 2. The van der Waals surface area contributed by atoms with Gasteiger partial charge in [-0.25, -0.2) is 19.2 Å². The summed E-state index contributed by atoms with van der Waals surface area (Å²) in [5.74, 6) is -1.87. The molecule has 0 heterocycles. The molecule has 0 spiro atoms. The van der Waals surface area contributed by atoms with E-state index >= 15 is 0 Å². The van der Waals surface area contributed by atoms with Gasteiger partial charge in [-0.2, -0.15) is 9.98 Å². The predicted octanol–water partition coefficient (Wildman–Crippen LogP) is 0.983. The molecule has 1 aromatic rings. The standard InChI is InChI=1S/C9H6N2O2.2C4H6O2.C3H8O3/c12-6-10-9(11-7-13)8-4-2-1-3-5-8;2*1-3(2)4(5)6;4-1-3(6)2-5/h1-5,9H;2*1H2,2H3,(H,5,6);3-6H,1-2H2. The van der Waals surface area contributed by atoms with Crippen LogP contribution in [0, 0.1) is 0 Å². The van der Waals surface area contributed by atoms with Crippen LogP contribution in [0.25, 0.3) is 0 Å². The number of carbonyl (C=O) groups is 2. The van der Waals surface area contributed by atoms with Crippen molar-refractivity contribution in [2.45, 2.75) is 26.1 Å². The molecule has 0 amide bonds. The zero-order valence-corrected chi connectivity index (χ0v) is 17.1. The average Bonchev–Trinajstić information content (AvgIpc) is 2.74. The van der Waals surface area contributed by atoms with E-state index in [1.54, 1.807) is 24.3 Å². The molecule has 0 atom stereocenters. The number of hydrogen-bond donors (Lipinski definition) is 5. The molecule has 0 aliphatic rings. The Balaban J connectivity index is -0.000000370. The van der Waals surface area contributed by atoms with Crippen LogP contribution in [0.2, 0.25) is 0 Å². The molecule has 0 bridgehead atoms. The minimum atomic E-state index is -0.954. The molecule has 0 aromatic heterocycles. The van der Waals surface area contributed by atoms with E-state index in [0.717, 1.165) is 0 Å². The summed E-state index contributed by atoms with van der Waals surface area (Å²) in [6.07, 6.45) is 0.944. The van der Waals surface area contributed by atoms with Gasteiger partial charge in [-0.3, -0.25) is 0 Å². The number of carboxylic acid groups (broad SMARTS) is 2. The maximum absolute atomic E-state index is 9.98. The van der Waals surface area contributed by atoms with Crippen molar-refractivity contribution in [2.24, 2.45) is 9.98 Å². The van der Waals surface area contributed by atoms with Crippen molar-refractivity contribution in [3.8, 4) is 0 Å². The molecular formula is C20H26N2O9. The van der Waals surface area contributed by atoms with Crippen molar-refractivity contribution in [1.29, 1.82) is 0 Å². The van der Waals surface area contributed by atoms with Gasteiger partial charge in [0.25, 0.3) is 0 Å². The zero-order chi connectivity index (χ0) is 24.8. The van der Waals surface area contributed by atoms with E-state index in [-0.39, 0.29) is 24.4 Å². The van der Waals surface area contributed by atoms with Crippen molar-refractivity contribution in [1.82, 2.24) is 0 Å². The summed E-state index contributed by atoms with van der Waals surface area (Å²) in [5, 5.41) is 39.8. The Morgan fingerprint density at radius 2 is 1.23 bits per heavy atom. The lowest BCUT2D eigenvalue weighted by atomic mass is 10.2. The van der Waals surface area contributed by atoms with Crippen LogP contribution in [0.5, 0.6) is 0 Å². The van der Waals surface area contributed by atoms with Gasteiger partial charge in [-0.1, -0.05) is 43.5 Å². The molecule has 170 valence electrons. The second-order valence-corrected chi connectivity index (χ2v) is 5.42. The minimum absolute atomic E-state index is 0.176. The highest BCUT2D eigenvalue weighted by Gasteiger charge is 2.05. The highest BCUT2D eigenvalue weighted by Crippen LogP contribution is 2.16. The molecule has 11 heteroatoms. The number of carboxylic acids is 2. The lowest BCUT2D eigenvalue weighted by Crippen LogP contribution is -2.15. The van der Waals surface area contributed by atoms with Crippen LogP contribution in [-0.2, 0) is 19.2 Å². The van der Waals surface area contributed by atoms with E-state index in [2.05, 4.69) is 23.1 Å². The Bertz CT molecular complexity index is 711. The fourth-order valence-electron chi connectivity index (χ4n) is 0.961. The van der Waals surface area contributed by atoms with Gasteiger partial charge in [-0.15, -0.1) is 0 Å². The molecule has 0 aliphatic heterocycles. The second kappa shape index (κ2) is 21.0. The molecule has 0 radical (unpaired) electrons. The number of isocyanates is 2. The first-order valence-corrected chi connectivity index (χ1v) is 8.34. The second-order valence-electron chi connectivity index (χ2n) is 5.42. The SMILES string of the molecule is C=C(C)C(=O)O.C=C(C)C(=O)O.O=C=NC(N=C=O)c1ccccc1.OCC(O)CO. The van der Waals surface area contributed by atoms with E-state index in [4.69, 9.17) is 25.5 Å². The summed E-state index contributed by atoms with van der Waals surface area (Å²) in [5.41, 5.74) is 1.01. The van der Waals surface area contributed by atoms with Crippen molar-refractivity contribution in [3.63, 3.8) is 0 Å². The molecule has 0 unspecified atom stereocenters. The Morgan fingerprint density at radius 1 is 0.903 bits per heavy atom. The Hall–Kier alpha value is -3.72. The molecule has 1 rings (SSSR count). The van der Waals surface area contributed by atoms with Gasteiger partial charge in [0.05, 0.1) is 13.2 Å². The van der Waals surface area contributed by atoms with Crippen LogP contribution in [0.3, 0.4) is 0 Å². The van der Waals surface area contributed by atoms with Crippen molar-refractivity contribution in [3.05, 3.63) is 60.2 Å². The van der Waals surface area contributed by atoms with Gasteiger partial charge < -0.3 is 25.5 Å². The first-order valence-electron chi connectivity index (χ1n) is 8.34. The summed E-state index contributed by atoms with van der Waals surface area (Å²) in [4.78, 5) is 45.9. The highest BCUT2D eigenvalue weighted by atomic mass is 16.4. The number of aliphatic hydroxyl groups is 3. The van der Waals surface area contributed by atoms with Crippen LogP contribution in [-0.4, -0.2) is 68.9 Å². The van der Waals surface area contributed by atoms with Gasteiger partial charge in [-0.05, 0) is 19.4 Å². The third-order valence-electron chi connectivity index (χ3n) is 2.60. The molecule has 5 N–H and O–H groups in total. The summed E-state index contributed by atoms with van der Waals surface area (Å²) in [6, 6.07) is 8.78. The first kappa shape index (κ1) is 32.0. The van der Waals surface area contributed by atoms with Crippen molar-refractivity contribution < 1.29 is 44.7 Å². The van der Waals surface area contributed by atoms with Crippen LogP contribution in [0.15, 0.2) is 64.6 Å². The molecule has 0 saturated heterocycles. The fraction of sp³-hybridized carbons (Fsp3) is 0.300. The first-order chi connectivity index (χ1) is 14.5. The lowest BCUT2D eigenvalue weighted by Gasteiger charge is -2.01. The molecular weight excluding hydrogens is 412 g/mol. The smallest absolute Gasteiger partial charge is 0.330 e.